The maximum absolute atomic E-state index is 9.30. The lowest BCUT2D eigenvalue weighted by molar-refractivity contribution is 0.0995. The number of benzene rings is 1. The molecule has 0 saturated carbocycles. The number of nitrogens with zero attached hydrogens (tertiary/aromatic N) is 1. The van der Waals surface area contributed by atoms with Crippen LogP contribution in [0.3, 0.4) is 0 Å². The predicted molar refractivity (Wildman–Crippen MR) is 46.9 cm³/mol. The fourth-order valence-corrected chi connectivity index (χ4v) is 0.833. The lowest BCUT2D eigenvalue weighted by atomic mass is 10.3. The number of rotatable bonds is 3. The number of aliphatic hydroxyl groups is 1. The molecule has 3 heteroatoms. The molecule has 0 aliphatic rings. The van der Waals surface area contributed by atoms with Crippen molar-refractivity contribution in [1.82, 2.24) is 0 Å². The highest BCUT2D eigenvalue weighted by Gasteiger charge is 2.08. The number of hydrogen-bond acceptors (Lipinski definition) is 3. The summed E-state index contributed by atoms with van der Waals surface area (Å²) in [6.07, 6.45) is 0.180. The molecule has 0 amide bonds. The smallest absolute Gasteiger partial charge is 0.169 e. The summed E-state index contributed by atoms with van der Waals surface area (Å²) in [4.78, 5) is 0. The zero-order valence-electron chi connectivity index (χ0n) is 6.59. The minimum atomic E-state index is -1.06. The molecular weight excluding hydrogens is 154 g/mol. The van der Waals surface area contributed by atoms with Gasteiger partial charge in [0.15, 0.2) is 6.23 Å². The van der Waals surface area contributed by atoms with Crippen molar-refractivity contribution in [3.8, 4) is 0 Å². The third-order valence-electron chi connectivity index (χ3n) is 1.48. The summed E-state index contributed by atoms with van der Waals surface area (Å²) in [5.41, 5.74) is 0.532. The summed E-state index contributed by atoms with van der Waals surface area (Å²) >= 11 is 0. The summed E-state index contributed by atoms with van der Waals surface area (Å²) in [5, 5.41) is 19.2. The van der Waals surface area contributed by atoms with Crippen LogP contribution in [0.15, 0.2) is 43.0 Å². The molecule has 0 spiro atoms. The van der Waals surface area contributed by atoms with E-state index in [1.165, 1.54) is 6.08 Å². The van der Waals surface area contributed by atoms with E-state index in [-0.39, 0.29) is 0 Å². The molecule has 1 aromatic carbocycles. The van der Waals surface area contributed by atoms with Gasteiger partial charge in [0.1, 0.15) is 0 Å². The molecular formula is C9H11NO2. The zero-order valence-corrected chi connectivity index (χ0v) is 6.59. The van der Waals surface area contributed by atoms with Gasteiger partial charge in [-0.05, 0) is 18.2 Å². The molecule has 64 valence electrons. The summed E-state index contributed by atoms with van der Waals surface area (Å²) in [7, 11) is 0. The Morgan fingerprint density at radius 3 is 2.42 bits per heavy atom. The molecule has 1 rings (SSSR count). The van der Waals surface area contributed by atoms with Gasteiger partial charge in [0.2, 0.25) is 0 Å². The summed E-state index contributed by atoms with van der Waals surface area (Å²) in [6.45, 7) is 3.36. The van der Waals surface area contributed by atoms with Crippen LogP contribution >= 0.6 is 0 Å². The third-order valence-corrected chi connectivity index (χ3v) is 1.48. The molecule has 0 fully saturated rings. The summed E-state index contributed by atoms with van der Waals surface area (Å²) in [5.74, 6) is 0. The van der Waals surface area contributed by atoms with Gasteiger partial charge in [-0.15, -0.1) is 0 Å². The van der Waals surface area contributed by atoms with E-state index in [1.54, 1.807) is 24.3 Å². The highest BCUT2D eigenvalue weighted by Crippen LogP contribution is 2.12. The molecule has 0 aromatic heterocycles. The van der Waals surface area contributed by atoms with Crippen molar-refractivity contribution in [3.05, 3.63) is 43.0 Å². The van der Waals surface area contributed by atoms with E-state index in [2.05, 4.69) is 6.58 Å². The number of hydroxylamine groups is 1. The second-order valence-electron chi connectivity index (χ2n) is 2.33. The maximum Gasteiger partial charge on any atom is 0.169 e. The zero-order chi connectivity index (χ0) is 8.97. The highest BCUT2D eigenvalue weighted by atomic mass is 16.5. The van der Waals surface area contributed by atoms with Crippen molar-refractivity contribution in [3.63, 3.8) is 0 Å². The first kappa shape index (κ1) is 8.77. The Balaban J connectivity index is 2.78. The lowest BCUT2D eigenvalue weighted by Crippen LogP contribution is -2.29. The van der Waals surface area contributed by atoms with Gasteiger partial charge in [0.05, 0.1) is 5.69 Å². The van der Waals surface area contributed by atoms with Crippen LogP contribution in [0, 0.1) is 0 Å². The van der Waals surface area contributed by atoms with Gasteiger partial charge in [-0.3, -0.25) is 5.21 Å². The molecule has 3 nitrogen and oxygen atoms in total. The Bertz CT molecular complexity index is 248. The van der Waals surface area contributed by atoms with Crippen LogP contribution in [-0.4, -0.2) is 16.5 Å². The Labute approximate surface area is 71.1 Å². The van der Waals surface area contributed by atoms with Crippen LogP contribution in [0.5, 0.6) is 0 Å². The SMILES string of the molecule is C=CC(O)N(O)c1ccccc1. The van der Waals surface area contributed by atoms with Crippen molar-refractivity contribution < 1.29 is 10.3 Å². The van der Waals surface area contributed by atoms with E-state index >= 15 is 0 Å². The topological polar surface area (TPSA) is 43.7 Å². The summed E-state index contributed by atoms with van der Waals surface area (Å²) in [6, 6.07) is 8.75. The molecule has 0 heterocycles. The van der Waals surface area contributed by atoms with Gasteiger partial charge in [0.25, 0.3) is 0 Å². The maximum atomic E-state index is 9.30. The van der Waals surface area contributed by atoms with Crippen LogP contribution in [0.4, 0.5) is 5.69 Å². The van der Waals surface area contributed by atoms with Crippen LogP contribution in [0.25, 0.3) is 0 Å². The number of para-hydroxylation sites is 1. The van der Waals surface area contributed by atoms with E-state index in [9.17, 15) is 5.21 Å². The molecule has 0 radical (unpaired) electrons. The standard InChI is InChI=1S/C9H11NO2/c1-2-9(11)10(12)8-6-4-3-5-7-8/h2-7,9,11-12H,1H2. The molecule has 0 aliphatic carbocycles. The van der Waals surface area contributed by atoms with Crippen molar-refractivity contribution >= 4 is 5.69 Å². The molecule has 0 bridgehead atoms. The Morgan fingerprint density at radius 1 is 1.33 bits per heavy atom. The average molecular weight is 165 g/mol. The van der Waals surface area contributed by atoms with E-state index in [0.29, 0.717) is 5.69 Å². The number of hydrogen-bond donors (Lipinski definition) is 2. The average Bonchev–Trinajstić information content (AvgIpc) is 2.17. The number of aliphatic hydroxyl groups excluding tert-OH is 1. The van der Waals surface area contributed by atoms with Gasteiger partial charge >= 0.3 is 0 Å². The van der Waals surface area contributed by atoms with Gasteiger partial charge < -0.3 is 5.11 Å². The van der Waals surface area contributed by atoms with Crippen LogP contribution in [0.2, 0.25) is 0 Å². The molecule has 1 aromatic rings. The van der Waals surface area contributed by atoms with Crippen molar-refractivity contribution in [2.75, 3.05) is 5.06 Å². The van der Waals surface area contributed by atoms with Gasteiger partial charge in [-0.25, -0.2) is 5.06 Å². The van der Waals surface area contributed by atoms with Crippen LogP contribution < -0.4 is 5.06 Å². The molecule has 2 N–H and O–H groups in total. The van der Waals surface area contributed by atoms with E-state index < -0.39 is 6.23 Å². The fourth-order valence-electron chi connectivity index (χ4n) is 0.833. The number of anilines is 1. The van der Waals surface area contributed by atoms with E-state index in [4.69, 9.17) is 5.11 Å². The van der Waals surface area contributed by atoms with Crippen molar-refractivity contribution in [1.29, 1.82) is 0 Å². The summed E-state index contributed by atoms with van der Waals surface area (Å²) < 4.78 is 0. The van der Waals surface area contributed by atoms with Gasteiger partial charge in [-0.2, -0.15) is 0 Å². The quantitative estimate of drug-likeness (QED) is 0.404. The molecule has 1 unspecified atom stereocenters. The lowest BCUT2D eigenvalue weighted by Gasteiger charge is -2.19. The molecule has 12 heavy (non-hydrogen) atoms. The Hall–Kier alpha value is -1.32. The minimum absolute atomic E-state index is 0.532. The molecule has 1 atom stereocenters. The second kappa shape index (κ2) is 3.90. The van der Waals surface area contributed by atoms with Crippen LogP contribution in [0.1, 0.15) is 0 Å². The third kappa shape index (κ3) is 1.84. The van der Waals surface area contributed by atoms with Gasteiger partial charge in [-0.1, -0.05) is 24.8 Å². The Morgan fingerprint density at radius 2 is 1.92 bits per heavy atom. The van der Waals surface area contributed by atoms with Crippen molar-refractivity contribution in [2.24, 2.45) is 0 Å². The Kier molecular flexibility index (Phi) is 2.85. The molecule has 0 saturated heterocycles. The second-order valence-corrected chi connectivity index (χ2v) is 2.33. The van der Waals surface area contributed by atoms with E-state index in [0.717, 1.165) is 5.06 Å². The van der Waals surface area contributed by atoms with E-state index in [1.807, 2.05) is 6.07 Å². The monoisotopic (exact) mass is 165 g/mol. The van der Waals surface area contributed by atoms with Crippen molar-refractivity contribution in [2.45, 2.75) is 6.23 Å². The first-order valence-corrected chi connectivity index (χ1v) is 3.59. The first-order valence-electron chi connectivity index (χ1n) is 3.59. The van der Waals surface area contributed by atoms with Gasteiger partial charge in [0, 0.05) is 0 Å². The highest BCUT2D eigenvalue weighted by molar-refractivity contribution is 5.43. The molecule has 0 aliphatic heterocycles. The first-order chi connectivity index (χ1) is 5.75. The van der Waals surface area contributed by atoms with Crippen LogP contribution in [-0.2, 0) is 0 Å². The largest absolute Gasteiger partial charge is 0.368 e. The normalized spacial score (nSPS) is 12.2. The predicted octanol–water partition coefficient (Wildman–Crippen LogP) is 1.39. The fraction of sp³-hybridized carbons (Fsp3) is 0.111. The minimum Gasteiger partial charge on any atom is -0.368 e.